The quantitative estimate of drug-likeness (QED) is 0.201. The standard InChI is InChI=1S/C32H31N5O5/c1-32(2,23-10-8-20(9-11-23)31(39)40)19-34-30(38)22-7-5-6-21(16-22)25-18-37-15-14-33-29(37)28(36-25)35-24-12-13-26(41-3)27(17-24)42-4/h5-18H,19H2,1-4H3,(H,34,38)(H,35,36)(H,39,40). The Morgan fingerprint density at radius 1 is 0.952 bits per heavy atom. The highest BCUT2D eigenvalue weighted by Crippen LogP contribution is 2.32. The van der Waals surface area contributed by atoms with E-state index in [2.05, 4.69) is 15.6 Å². The molecule has 0 bridgehead atoms. The van der Waals surface area contributed by atoms with Crippen molar-refractivity contribution in [2.24, 2.45) is 0 Å². The number of hydrogen-bond acceptors (Lipinski definition) is 7. The molecular formula is C32H31N5O5. The maximum atomic E-state index is 13.2. The molecule has 0 aliphatic heterocycles. The molecule has 214 valence electrons. The van der Waals surface area contributed by atoms with Gasteiger partial charge in [-0.1, -0.05) is 38.1 Å². The topological polar surface area (TPSA) is 127 Å². The number of ether oxygens (including phenoxy) is 2. The number of fused-ring (bicyclic) bond motifs is 1. The van der Waals surface area contributed by atoms with Gasteiger partial charge in [0.2, 0.25) is 0 Å². The lowest BCUT2D eigenvalue weighted by molar-refractivity contribution is 0.0696. The van der Waals surface area contributed by atoms with Crippen LogP contribution in [0.2, 0.25) is 0 Å². The minimum atomic E-state index is -0.974. The van der Waals surface area contributed by atoms with E-state index in [0.29, 0.717) is 40.8 Å². The van der Waals surface area contributed by atoms with Gasteiger partial charge >= 0.3 is 5.97 Å². The third-order valence-electron chi connectivity index (χ3n) is 7.05. The van der Waals surface area contributed by atoms with Gasteiger partial charge in [-0.15, -0.1) is 0 Å². The zero-order chi connectivity index (χ0) is 29.9. The van der Waals surface area contributed by atoms with Crippen LogP contribution in [0.1, 0.15) is 40.1 Å². The van der Waals surface area contributed by atoms with Gasteiger partial charge in [-0.3, -0.25) is 4.79 Å². The number of rotatable bonds is 10. The third-order valence-corrected chi connectivity index (χ3v) is 7.05. The minimum Gasteiger partial charge on any atom is -0.493 e. The van der Waals surface area contributed by atoms with Gasteiger partial charge in [-0.05, 0) is 42.0 Å². The Hall–Kier alpha value is -5.38. The molecule has 3 N–H and O–H groups in total. The molecule has 0 saturated carbocycles. The van der Waals surface area contributed by atoms with Crippen molar-refractivity contribution in [3.05, 3.63) is 102 Å². The van der Waals surface area contributed by atoms with Gasteiger partial charge in [0, 0.05) is 53.4 Å². The summed E-state index contributed by atoms with van der Waals surface area (Å²) in [5.41, 5.74) is 4.02. The number of benzene rings is 3. The van der Waals surface area contributed by atoms with E-state index in [4.69, 9.17) is 19.6 Å². The summed E-state index contributed by atoms with van der Waals surface area (Å²) in [6, 6.07) is 19.5. The van der Waals surface area contributed by atoms with Crippen LogP contribution in [0.3, 0.4) is 0 Å². The molecule has 10 heteroatoms. The molecule has 3 aromatic carbocycles. The fourth-order valence-corrected chi connectivity index (χ4v) is 4.59. The smallest absolute Gasteiger partial charge is 0.335 e. The number of carbonyl (C=O) groups excluding carboxylic acids is 1. The Labute approximate surface area is 243 Å². The predicted octanol–water partition coefficient (Wildman–Crippen LogP) is 5.56. The van der Waals surface area contributed by atoms with Crippen molar-refractivity contribution < 1.29 is 24.2 Å². The molecule has 2 heterocycles. The van der Waals surface area contributed by atoms with E-state index in [-0.39, 0.29) is 11.5 Å². The van der Waals surface area contributed by atoms with Gasteiger partial charge in [-0.25, -0.2) is 14.8 Å². The van der Waals surface area contributed by atoms with E-state index in [1.165, 1.54) is 0 Å². The normalized spacial score (nSPS) is 11.2. The number of aromatic carboxylic acids is 1. The first-order valence-corrected chi connectivity index (χ1v) is 13.2. The number of imidazole rings is 1. The first-order valence-electron chi connectivity index (χ1n) is 13.2. The highest BCUT2D eigenvalue weighted by atomic mass is 16.5. The lowest BCUT2D eigenvalue weighted by Gasteiger charge is -2.26. The highest BCUT2D eigenvalue weighted by molar-refractivity contribution is 5.95. The van der Waals surface area contributed by atoms with Crippen molar-refractivity contribution in [3.63, 3.8) is 0 Å². The second-order valence-corrected chi connectivity index (χ2v) is 10.4. The Kier molecular flexibility index (Phi) is 7.79. The zero-order valence-corrected chi connectivity index (χ0v) is 23.7. The molecule has 42 heavy (non-hydrogen) atoms. The molecule has 0 saturated heterocycles. The van der Waals surface area contributed by atoms with Crippen molar-refractivity contribution in [2.45, 2.75) is 19.3 Å². The van der Waals surface area contributed by atoms with E-state index in [0.717, 1.165) is 16.8 Å². The van der Waals surface area contributed by atoms with Crippen molar-refractivity contribution in [3.8, 4) is 22.8 Å². The summed E-state index contributed by atoms with van der Waals surface area (Å²) in [4.78, 5) is 33.7. The molecule has 10 nitrogen and oxygen atoms in total. The molecule has 0 fully saturated rings. The SMILES string of the molecule is COc1ccc(Nc2nc(-c3cccc(C(=O)NCC(C)(C)c4ccc(C(=O)O)cc4)c3)cn3ccnc23)cc1OC. The van der Waals surface area contributed by atoms with Crippen LogP contribution in [0.15, 0.2) is 85.3 Å². The lowest BCUT2D eigenvalue weighted by Crippen LogP contribution is -2.36. The Morgan fingerprint density at radius 2 is 1.71 bits per heavy atom. The summed E-state index contributed by atoms with van der Waals surface area (Å²) >= 11 is 0. The number of anilines is 2. The minimum absolute atomic E-state index is 0.222. The molecule has 5 rings (SSSR count). The average molecular weight is 566 g/mol. The summed E-state index contributed by atoms with van der Waals surface area (Å²) in [5.74, 6) is 0.537. The highest BCUT2D eigenvalue weighted by Gasteiger charge is 2.22. The van der Waals surface area contributed by atoms with E-state index >= 15 is 0 Å². The van der Waals surface area contributed by atoms with Gasteiger partial charge < -0.3 is 29.6 Å². The predicted molar refractivity (Wildman–Crippen MR) is 160 cm³/mol. The van der Waals surface area contributed by atoms with E-state index in [9.17, 15) is 9.59 Å². The van der Waals surface area contributed by atoms with E-state index in [1.807, 2.05) is 61.0 Å². The van der Waals surface area contributed by atoms with Gasteiger partial charge in [0.1, 0.15) is 0 Å². The van der Waals surface area contributed by atoms with Gasteiger partial charge in [0.05, 0.1) is 25.5 Å². The van der Waals surface area contributed by atoms with Crippen LogP contribution in [0, 0.1) is 0 Å². The zero-order valence-electron chi connectivity index (χ0n) is 23.7. The molecule has 5 aromatic rings. The lowest BCUT2D eigenvalue weighted by atomic mass is 9.84. The second kappa shape index (κ2) is 11.6. The summed E-state index contributed by atoms with van der Waals surface area (Å²) in [7, 11) is 3.16. The van der Waals surface area contributed by atoms with Crippen LogP contribution in [0.4, 0.5) is 11.5 Å². The third kappa shape index (κ3) is 5.87. The van der Waals surface area contributed by atoms with Crippen molar-refractivity contribution in [2.75, 3.05) is 26.1 Å². The molecule has 2 aromatic heterocycles. The summed E-state index contributed by atoms with van der Waals surface area (Å²) in [5, 5.41) is 15.5. The van der Waals surface area contributed by atoms with Crippen LogP contribution in [0.5, 0.6) is 11.5 Å². The second-order valence-electron chi connectivity index (χ2n) is 10.4. The Morgan fingerprint density at radius 3 is 2.43 bits per heavy atom. The van der Waals surface area contributed by atoms with Crippen molar-refractivity contribution >= 4 is 29.0 Å². The molecule has 0 aliphatic carbocycles. The molecule has 0 radical (unpaired) electrons. The number of amides is 1. The van der Waals surface area contributed by atoms with Crippen LogP contribution < -0.4 is 20.1 Å². The number of nitrogens with one attached hydrogen (secondary N) is 2. The van der Waals surface area contributed by atoms with Crippen LogP contribution in [-0.4, -0.2) is 52.1 Å². The molecule has 1 amide bonds. The van der Waals surface area contributed by atoms with Crippen molar-refractivity contribution in [1.82, 2.24) is 19.7 Å². The largest absolute Gasteiger partial charge is 0.493 e. The van der Waals surface area contributed by atoms with Gasteiger partial charge in [0.15, 0.2) is 23.0 Å². The number of aromatic nitrogens is 3. The van der Waals surface area contributed by atoms with Gasteiger partial charge in [0.25, 0.3) is 5.91 Å². The van der Waals surface area contributed by atoms with E-state index < -0.39 is 11.4 Å². The summed E-state index contributed by atoms with van der Waals surface area (Å²) in [6.45, 7) is 4.36. The van der Waals surface area contributed by atoms with Crippen LogP contribution in [0.25, 0.3) is 16.9 Å². The molecular weight excluding hydrogens is 534 g/mol. The monoisotopic (exact) mass is 565 g/mol. The number of carbonyl (C=O) groups is 2. The van der Waals surface area contributed by atoms with Crippen LogP contribution >= 0.6 is 0 Å². The van der Waals surface area contributed by atoms with Crippen molar-refractivity contribution in [1.29, 1.82) is 0 Å². The number of hydrogen-bond donors (Lipinski definition) is 3. The Bertz CT molecular complexity index is 1760. The fraction of sp³-hybridized carbons (Fsp3) is 0.188. The molecule has 0 atom stereocenters. The average Bonchev–Trinajstić information content (AvgIpc) is 3.49. The summed E-state index contributed by atoms with van der Waals surface area (Å²) < 4.78 is 12.6. The first-order chi connectivity index (χ1) is 20.2. The van der Waals surface area contributed by atoms with Gasteiger partial charge in [-0.2, -0.15) is 0 Å². The molecule has 0 spiro atoms. The maximum absolute atomic E-state index is 13.2. The molecule has 0 aliphatic rings. The molecule has 0 unspecified atom stereocenters. The number of carboxylic acid groups (broad SMARTS) is 1. The number of carboxylic acids is 1. The fourth-order valence-electron chi connectivity index (χ4n) is 4.59. The summed E-state index contributed by atoms with van der Waals surface area (Å²) in [6.07, 6.45) is 5.40. The maximum Gasteiger partial charge on any atom is 0.335 e. The van der Waals surface area contributed by atoms with E-state index in [1.54, 1.807) is 56.8 Å². The number of methoxy groups -OCH3 is 2. The van der Waals surface area contributed by atoms with Crippen LogP contribution in [-0.2, 0) is 5.41 Å². The first kappa shape index (κ1) is 28.2. The number of nitrogens with zero attached hydrogens (tertiary/aromatic N) is 3. The Balaban J connectivity index is 1.37.